The fourth-order valence-electron chi connectivity index (χ4n) is 2.98. The van der Waals surface area contributed by atoms with Gasteiger partial charge in [0.1, 0.15) is 17.5 Å². The molecule has 1 aliphatic heterocycles. The van der Waals surface area contributed by atoms with Crippen molar-refractivity contribution in [2.75, 3.05) is 23.3 Å². The lowest BCUT2D eigenvalue weighted by molar-refractivity contribution is 0.467. The molecule has 7 nitrogen and oxygen atoms in total. The molecule has 1 fully saturated rings. The molecule has 128 valence electrons. The topological polar surface area (TPSA) is 86.8 Å². The smallest absolute Gasteiger partial charge is 0.264 e. The van der Waals surface area contributed by atoms with E-state index in [2.05, 4.69) is 44.2 Å². The first-order chi connectivity index (χ1) is 11.6. The Labute approximate surface area is 141 Å². The van der Waals surface area contributed by atoms with E-state index < -0.39 is 0 Å². The zero-order chi connectivity index (χ0) is 16.9. The minimum absolute atomic E-state index is 0.173. The molecule has 0 bridgehead atoms. The number of piperidine rings is 1. The third-order valence-electron chi connectivity index (χ3n) is 4.30. The lowest BCUT2D eigenvalue weighted by atomic mass is 10.0. The molecule has 0 spiro atoms. The first-order valence-electron chi connectivity index (χ1n) is 8.52. The van der Waals surface area contributed by atoms with Gasteiger partial charge in [-0.3, -0.25) is 4.79 Å². The highest BCUT2D eigenvalue weighted by molar-refractivity contribution is 5.40. The van der Waals surface area contributed by atoms with Crippen molar-refractivity contribution >= 4 is 11.6 Å². The Morgan fingerprint density at radius 1 is 1.33 bits per heavy atom. The molecule has 2 aromatic rings. The predicted octanol–water partition coefficient (Wildman–Crippen LogP) is 2.15. The lowest BCUT2D eigenvalue weighted by Gasteiger charge is -2.36. The number of nitrogens with zero attached hydrogens (tertiary/aromatic N) is 4. The molecule has 2 aromatic heterocycles. The lowest BCUT2D eigenvalue weighted by Crippen LogP contribution is -2.44. The monoisotopic (exact) mass is 328 g/mol. The van der Waals surface area contributed by atoms with Crippen LogP contribution in [0.25, 0.3) is 0 Å². The molecule has 0 radical (unpaired) electrons. The molecule has 0 aromatic carbocycles. The number of aromatic amines is 1. The molecule has 0 amide bonds. The van der Waals surface area contributed by atoms with E-state index >= 15 is 0 Å². The SMILES string of the molecule is CC(C)c1nccc(NCC2CCCCN2c2ccc(=O)[nH]n2)n1. The van der Waals surface area contributed by atoms with Crippen molar-refractivity contribution in [2.24, 2.45) is 0 Å². The van der Waals surface area contributed by atoms with Crippen molar-refractivity contribution in [1.82, 2.24) is 20.2 Å². The van der Waals surface area contributed by atoms with E-state index in [0.29, 0.717) is 12.0 Å². The summed E-state index contributed by atoms with van der Waals surface area (Å²) in [4.78, 5) is 22.3. The highest BCUT2D eigenvalue weighted by Crippen LogP contribution is 2.22. The first-order valence-corrected chi connectivity index (χ1v) is 8.52. The Bertz CT molecular complexity index is 709. The van der Waals surface area contributed by atoms with Crippen LogP contribution in [0.3, 0.4) is 0 Å². The van der Waals surface area contributed by atoms with Gasteiger partial charge in [0.05, 0.1) is 0 Å². The Morgan fingerprint density at radius 2 is 2.21 bits per heavy atom. The van der Waals surface area contributed by atoms with Crippen LogP contribution in [-0.4, -0.2) is 39.3 Å². The molecule has 2 N–H and O–H groups in total. The Balaban J connectivity index is 1.69. The highest BCUT2D eigenvalue weighted by Gasteiger charge is 2.23. The van der Waals surface area contributed by atoms with Crippen LogP contribution < -0.4 is 15.8 Å². The zero-order valence-corrected chi connectivity index (χ0v) is 14.2. The van der Waals surface area contributed by atoms with E-state index in [1.54, 1.807) is 12.3 Å². The second-order valence-electron chi connectivity index (χ2n) is 6.46. The summed E-state index contributed by atoms with van der Waals surface area (Å²) in [6.45, 7) is 5.91. The molecule has 24 heavy (non-hydrogen) atoms. The summed E-state index contributed by atoms with van der Waals surface area (Å²) in [7, 11) is 0. The van der Waals surface area contributed by atoms with Crippen LogP contribution in [0.1, 0.15) is 44.9 Å². The van der Waals surface area contributed by atoms with Gasteiger partial charge in [-0.1, -0.05) is 13.8 Å². The van der Waals surface area contributed by atoms with Gasteiger partial charge < -0.3 is 10.2 Å². The summed E-state index contributed by atoms with van der Waals surface area (Å²) in [5.41, 5.74) is -0.173. The molecule has 1 saturated heterocycles. The van der Waals surface area contributed by atoms with E-state index in [1.807, 2.05) is 6.07 Å². The first kappa shape index (κ1) is 16.4. The largest absolute Gasteiger partial charge is 0.368 e. The van der Waals surface area contributed by atoms with Gasteiger partial charge in [0.2, 0.25) is 0 Å². The molecular weight excluding hydrogens is 304 g/mol. The maximum Gasteiger partial charge on any atom is 0.264 e. The molecular formula is C17H24N6O. The molecule has 0 saturated carbocycles. The van der Waals surface area contributed by atoms with Gasteiger partial charge in [-0.05, 0) is 31.4 Å². The Morgan fingerprint density at radius 3 is 2.96 bits per heavy atom. The van der Waals surface area contributed by atoms with Crippen molar-refractivity contribution in [3.63, 3.8) is 0 Å². The maximum absolute atomic E-state index is 11.2. The van der Waals surface area contributed by atoms with Crippen molar-refractivity contribution in [3.05, 3.63) is 40.6 Å². The van der Waals surface area contributed by atoms with Crippen LogP contribution in [0.5, 0.6) is 0 Å². The van der Waals surface area contributed by atoms with E-state index in [0.717, 1.165) is 43.4 Å². The van der Waals surface area contributed by atoms with Crippen LogP contribution in [-0.2, 0) is 0 Å². The predicted molar refractivity (Wildman–Crippen MR) is 94.5 cm³/mol. The molecule has 1 aliphatic rings. The van der Waals surface area contributed by atoms with Crippen LogP contribution in [0.2, 0.25) is 0 Å². The second kappa shape index (κ2) is 7.42. The van der Waals surface area contributed by atoms with Crippen LogP contribution in [0.4, 0.5) is 11.6 Å². The molecule has 3 heterocycles. The highest BCUT2D eigenvalue weighted by atomic mass is 16.1. The normalized spacial score (nSPS) is 18.0. The minimum Gasteiger partial charge on any atom is -0.368 e. The summed E-state index contributed by atoms with van der Waals surface area (Å²) in [5.74, 6) is 2.84. The molecule has 0 aliphatic carbocycles. The van der Waals surface area contributed by atoms with E-state index in [1.165, 1.54) is 12.5 Å². The molecule has 1 atom stereocenters. The number of nitrogens with one attached hydrogen (secondary N) is 2. The van der Waals surface area contributed by atoms with Crippen molar-refractivity contribution in [1.29, 1.82) is 0 Å². The van der Waals surface area contributed by atoms with Gasteiger partial charge >= 0.3 is 0 Å². The summed E-state index contributed by atoms with van der Waals surface area (Å²) in [6.07, 6.45) is 5.23. The molecule has 1 unspecified atom stereocenters. The fraction of sp³-hybridized carbons (Fsp3) is 0.529. The summed E-state index contributed by atoms with van der Waals surface area (Å²) in [6, 6.07) is 5.55. The average Bonchev–Trinajstić information content (AvgIpc) is 2.61. The Hall–Kier alpha value is -2.44. The van der Waals surface area contributed by atoms with Gasteiger partial charge in [0.25, 0.3) is 5.56 Å². The number of hydrogen-bond acceptors (Lipinski definition) is 6. The van der Waals surface area contributed by atoms with Crippen LogP contribution >= 0.6 is 0 Å². The van der Waals surface area contributed by atoms with Crippen molar-refractivity contribution in [2.45, 2.75) is 45.1 Å². The minimum atomic E-state index is -0.173. The second-order valence-corrected chi connectivity index (χ2v) is 6.46. The van der Waals surface area contributed by atoms with E-state index in [-0.39, 0.29) is 5.56 Å². The van der Waals surface area contributed by atoms with E-state index in [4.69, 9.17) is 0 Å². The summed E-state index contributed by atoms with van der Waals surface area (Å²) in [5, 5.41) is 10.1. The number of hydrogen-bond donors (Lipinski definition) is 2. The van der Waals surface area contributed by atoms with Gasteiger partial charge in [-0.25, -0.2) is 15.1 Å². The van der Waals surface area contributed by atoms with Gasteiger partial charge in [-0.15, -0.1) is 0 Å². The standard InChI is InChI=1S/C17H24N6O/c1-12(2)17-18-9-8-14(20-17)19-11-13-5-3-4-10-23(13)15-6-7-16(24)22-21-15/h6-9,12-13H,3-5,10-11H2,1-2H3,(H,22,24)(H,18,19,20). The zero-order valence-electron chi connectivity index (χ0n) is 14.2. The van der Waals surface area contributed by atoms with Gasteiger partial charge in [0, 0.05) is 37.3 Å². The number of H-pyrrole nitrogens is 1. The Kier molecular flexibility index (Phi) is 5.08. The average molecular weight is 328 g/mol. The fourth-order valence-corrected chi connectivity index (χ4v) is 2.98. The van der Waals surface area contributed by atoms with Crippen LogP contribution in [0, 0.1) is 0 Å². The summed E-state index contributed by atoms with van der Waals surface area (Å²) < 4.78 is 0. The third kappa shape index (κ3) is 3.90. The van der Waals surface area contributed by atoms with Crippen molar-refractivity contribution in [3.8, 4) is 0 Å². The van der Waals surface area contributed by atoms with Crippen LogP contribution in [0.15, 0.2) is 29.2 Å². The van der Waals surface area contributed by atoms with Gasteiger partial charge in [0.15, 0.2) is 0 Å². The number of rotatable bonds is 5. The van der Waals surface area contributed by atoms with Crippen molar-refractivity contribution < 1.29 is 0 Å². The quantitative estimate of drug-likeness (QED) is 0.874. The van der Waals surface area contributed by atoms with Gasteiger partial charge in [-0.2, -0.15) is 5.10 Å². The number of aromatic nitrogens is 4. The molecule has 7 heteroatoms. The number of anilines is 2. The van der Waals surface area contributed by atoms with E-state index in [9.17, 15) is 4.79 Å². The summed E-state index contributed by atoms with van der Waals surface area (Å²) >= 11 is 0. The third-order valence-corrected chi connectivity index (χ3v) is 4.30. The maximum atomic E-state index is 11.2. The molecule has 3 rings (SSSR count).